The van der Waals surface area contributed by atoms with Crippen molar-refractivity contribution < 1.29 is 14.3 Å². The van der Waals surface area contributed by atoms with Crippen LogP contribution in [0.4, 0.5) is 0 Å². The van der Waals surface area contributed by atoms with Gasteiger partial charge in [-0.05, 0) is 31.9 Å². The number of nitrogens with one attached hydrogen (secondary N) is 1. The van der Waals surface area contributed by atoms with E-state index in [4.69, 9.17) is 4.74 Å². The second-order valence-electron chi connectivity index (χ2n) is 7.43. The van der Waals surface area contributed by atoms with Crippen molar-refractivity contribution in [2.75, 3.05) is 6.54 Å². The number of likely N-dealkylation sites (tertiary alicyclic amines) is 1. The standard InChI is InChI=1S/C20H23N3O4/c1-12(18-21-16-9-5-4-8-15(16)19(25)22-18)27-20(26)13-10-17(24)23(11-13)14-6-2-3-7-14/h4-5,8-9,12-14H,2-3,6-7,10-11H2,1H3,(H,21,22,25)/t12-,13-/m1/s1. The zero-order chi connectivity index (χ0) is 19.0. The maximum absolute atomic E-state index is 12.6. The zero-order valence-electron chi connectivity index (χ0n) is 15.3. The van der Waals surface area contributed by atoms with Gasteiger partial charge in [-0.1, -0.05) is 25.0 Å². The first-order chi connectivity index (χ1) is 13.0. The highest BCUT2D eigenvalue weighted by Crippen LogP contribution is 2.30. The van der Waals surface area contributed by atoms with E-state index in [9.17, 15) is 14.4 Å². The summed E-state index contributed by atoms with van der Waals surface area (Å²) in [5.74, 6) is -0.516. The Morgan fingerprint density at radius 1 is 1.26 bits per heavy atom. The number of aromatic amines is 1. The van der Waals surface area contributed by atoms with Crippen LogP contribution in [0.5, 0.6) is 0 Å². The quantitative estimate of drug-likeness (QED) is 0.835. The number of carbonyl (C=O) groups is 2. The maximum atomic E-state index is 12.6. The molecule has 0 radical (unpaired) electrons. The summed E-state index contributed by atoms with van der Waals surface area (Å²) in [5.41, 5.74) is 0.296. The summed E-state index contributed by atoms with van der Waals surface area (Å²) in [7, 11) is 0. The van der Waals surface area contributed by atoms with Crippen molar-refractivity contribution >= 4 is 22.8 Å². The first-order valence-corrected chi connectivity index (χ1v) is 9.52. The second-order valence-corrected chi connectivity index (χ2v) is 7.43. The lowest BCUT2D eigenvalue weighted by atomic mass is 10.1. The van der Waals surface area contributed by atoms with Crippen LogP contribution in [0, 0.1) is 5.92 Å². The van der Waals surface area contributed by atoms with Crippen molar-refractivity contribution in [3.63, 3.8) is 0 Å². The van der Waals surface area contributed by atoms with Crippen LogP contribution >= 0.6 is 0 Å². The highest BCUT2D eigenvalue weighted by Gasteiger charge is 2.40. The van der Waals surface area contributed by atoms with Crippen LogP contribution in [0.1, 0.15) is 51.0 Å². The van der Waals surface area contributed by atoms with Gasteiger partial charge in [-0.3, -0.25) is 14.4 Å². The molecule has 0 unspecified atom stereocenters. The van der Waals surface area contributed by atoms with Crippen LogP contribution in [0.25, 0.3) is 10.9 Å². The van der Waals surface area contributed by atoms with Crippen LogP contribution in [-0.2, 0) is 14.3 Å². The fourth-order valence-electron chi connectivity index (χ4n) is 4.08. The third-order valence-corrected chi connectivity index (χ3v) is 5.57. The molecule has 1 saturated heterocycles. The minimum atomic E-state index is -0.689. The van der Waals surface area contributed by atoms with Gasteiger partial charge in [-0.15, -0.1) is 0 Å². The van der Waals surface area contributed by atoms with Gasteiger partial charge < -0.3 is 14.6 Å². The number of esters is 1. The lowest BCUT2D eigenvalue weighted by molar-refractivity contribution is -0.153. The van der Waals surface area contributed by atoms with E-state index in [1.54, 1.807) is 31.2 Å². The van der Waals surface area contributed by atoms with E-state index in [0.29, 0.717) is 23.3 Å². The summed E-state index contributed by atoms with van der Waals surface area (Å²) in [6, 6.07) is 7.29. The molecule has 2 atom stereocenters. The van der Waals surface area contributed by atoms with Crippen LogP contribution in [-0.4, -0.2) is 39.3 Å². The third-order valence-electron chi connectivity index (χ3n) is 5.57. The average molecular weight is 369 g/mol. The highest BCUT2D eigenvalue weighted by atomic mass is 16.5. The molecule has 1 aliphatic heterocycles. The molecule has 0 bridgehead atoms. The minimum Gasteiger partial charge on any atom is -0.454 e. The fourth-order valence-corrected chi connectivity index (χ4v) is 4.08. The summed E-state index contributed by atoms with van der Waals surface area (Å²) in [6.45, 7) is 2.10. The normalized spacial score (nSPS) is 21.7. The van der Waals surface area contributed by atoms with E-state index in [1.165, 1.54) is 0 Å². The van der Waals surface area contributed by atoms with E-state index in [0.717, 1.165) is 25.7 Å². The van der Waals surface area contributed by atoms with Crippen LogP contribution in [0.2, 0.25) is 0 Å². The van der Waals surface area contributed by atoms with Gasteiger partial charge in [-0.25, -0.2) is 4.98 Å². The van der Waals surface area contributed by atoms with Crippen molar-refractivity contribution in [1.82, 2.24) is 14.9 Å². The van der Waals surface area contributed by atoms with Gasteiger partial charge in [0, 0.05) is 19.0 Å². The Bertz CT molecular complexity index is 932. The Morgan fingerprint density at radius 2 is 2.00 bits per heavy atom. The van der Waals surface area contributed by atoms with Gasteiger partial charge in [0.15, 0.2) is 11.9 Å². The number of H-pyrrole nitrogens is 1. The smallest absolute Gasteiger partial charge is 0.311 e. The monoisotopic (exact) mass is 369 g/mol. The summed E-state index contributed by atoms with van der Waals surface area (Å²) in [5, 5.41) is 0.494. The minimum absolute atomic E-state index is 0.0359. The SMILES string of the molecule is C[C@@H](OC(=O)[C@@H]1CC(=O)N(C2CCCC2)C1)c1nc2ccccc2c(=O)[nH]1. The first kappa shape index (κ1) is 17.7. The van der Waals surface area contributed by atoms with Gasteiger partial charge in [0.25, 0.3) is 5.56 Å². The molecule has 1 aromatic heterocycles. The Labute approximate surface area is 156 Å². The third kappa shape index (κ3) is 3.46. The van der Waals surface area contributed by atoms with Crippen molar-refractivity contribution in [1.29, 1.82) is 0 Å². The van der Waals surface area contributed by atoms with Crippen molar-refractivity contribution in [2.24, 2.45) is 5.92 Å². The van der Waals surface area contributed by atoms with Crippen LogP contribution in [0.15, 0.2) is 29.1 Å². The number of para-hydroxylation sites is 1. The van der Waals surface area contributed by atoms with Crippen molar-refractivity contribution in [3.05, 3.63) is 40.4 Å². The molecule has 1 aliphatic carbocycles. The number of hydrogen-bond acceptors (Lipinski definition) is 5. The topological polar surface area (TPSA) is 92.4 Å². The van der Waals surface area contributed by atoms with E-state index >= 15 is 0 Å². The number of carbonyl (C=O) groups excluding carboxylic acids is 2. The molecule has 1 amide bonds. The summed E-state index contributed by atoms with van der Waals surface area (Å²) in [4.78, 5) is 46.0. The average Bonchev–Trinajstić information content (AvgIpc) is 3.31. The Hall–Kier alpha value is -2.70. The molecule has 1 saturated carbocycles. The number of benzene rings is 1. The van der Waals surface area contributed by atoms with Crippen LogP contribution < -0.4 is 5.56 Å². The molecule has 2 heterocycles. The number of fused-ring (bicyclic) bond motifs is 1. The van der Waals surface area contributed by atoms with Gasteiger partial charge in [-0.2, -0.15) is 0 Å². The van der Waals surface area contributed by atoms with Crippen molar-refractivity contribution in [3.8, 4) is 0 Å². The molecule has 0 spiro atoms. The van der Waals surface area contributed by atoms with E-state index < -0.39 is 18.0 Å². The number of nitrogens with zero attached hydrogens (tertiary/aromatic N) is 2. The first-order valence-electron chi connectivity index (χ1n) is 9.52. The molecule has 7 heteroatoms. The van der Waals surface area contributed by atoms with Gasteiger partial charge >= 0.3 is 5.97 Å². The number of rotatable bonds is 4. The van der Waals surface area contributed by atoms with E-state index in [-0.39, 0.29) is 23.9 Å². The molecule has 27 heavy (non-hydrogen) atoms. The van der Waals surface area contributed by atoms with E-state index in [2.05, 4.69) is 9.97 Å². The van der Waals surface area contributed by atoms with Gasteiger partial charge in [0.05, 0.1) is 16.8 Å². The molecule has 2 fully saturated rings. The maximum Gasteiger partial charge on any atom is 0.311 e. The summed E-state index contributed by atoms with van der Waals surface area (Å²) in [6.07, 6.45) is 3.83. The number of amides is 1. The molecular formula is C20H23N3O4. The highest BCUT2D eigenvalue weighted by molar-refractivity contribution is 5.87. The Kier molecular flexibility index (Phi) is 4.68. The molecular weight excluding hydrogens is 346 g/mol. The zero-order valence-corrected chi connectivity index (χ0v) is 15.3. The fraction of sp³-hybridized carbons (Fsp3) is 0.500. The van der Waals surface area contributed by atoms with Gasteiger partial charge in [0.1, 0.15) is 0 Å². The molecule has 2 aliphatic rings. The predicted molar refractivity (Wildman–Crippen MR) is 98.9 cm³/mol. The molecule has 4 rings (SSSR count). The molecule has 142 valence electrons. The number of ether oxygens (including phenoxy) is 1. The summed E-state index contributed by atoms with van der Waals surface area (Å²) < 4.78 is 5.53. The molecule has 2 aromatic rings. The van der Waals surface area contributed by atoms with Gasteiger partial charge in [0.2, 0.25) is 5.91 Å². The Balaban J connectivity index is 1.45. The number of hydrogen-bond donors (Lipinski definition) is 1. The Morgan fingerprint density at radius 3 is 2.78 bits per heavy atom. The lowest BCUT2D eigenvalue weighted by Gasteiger charge is -2.24. The molecule has 1 N–H and O–H groups in total. The van der Waals surface area contributed by atoms with Crippen LogP contribution in [0.3, 0.4) is 0 Å². The van der Waals surface area contributed by atoms with Crippen molar-refractivity contribution in [2.45, 2.75) is 51.2 Å². The largest absolute Gasteiger partial charge is 0.454 e. The van der Waals surface area contributed by atoms with E-state index in [1.807, 2.05) is 4.90 Å². The molecule has 7 nitrogen and oxygen atoms in total. The number of aromatic nitrogens is 2. The second kappa shape index (κ2) is 7.13. The lowest BCUT2D eigenvalue weighted by Crippen LogP contribution is -2.35. The molecule has 1 aromatic carbocycles. The predicted octanol–water partition coefficient (Wildman–Crippen LogP) is 2.32. The summed E-state index contributed by atoms with van der Waals surface area (Å²) >= 11 is 0.